The van der Waals surface area contributed by atoms with E-state index in [1.54, 1.807) is 19.9 Å². The van der Waals surface area contributed by atoms with Gasteiger partial charge in [-0.1, -0.05) is 19.0 Å². The van der Waals surface area contributed by atoms with E-state index in [1.165, 1.54) is 0 Å². The monoisotopic (exact) mass is 373 g/mol. The Hall–Kier alpha value is -2.46. The van der Waals surface area contributed by atoms with Crippen molar-refractivity contribution < 1.29 is 26.1 Å². The van der Waals surface area contributed by atoms with Crippen molar-refractivity contribution in [3.05, 3.63) is 33.3 Å². The van der Waals surface area contributed by atoms with Gasteiger partial charge in [0.05, 0.1) is 0 Å². The topological polar surface area (TPSA) is 117 Å². The Bertz CT molecular complexity index is 861. The smallest absolute Gasteiger partial charge is 0.493 e. The zero-order chi connectivity index (χ0) is 17.1. The van der Waals surface area contributed by atoms with Crippen molar-refractivity contribution in [2.24, 2.45) is 16.1 Å². The van der Waals surface area contributed by atoms with Crippen LogP contribution in [0.3, 0.4) is 0 Å². The molecule has 0 unspecified atom stereocenters. The summed E-state index contributed by atoms with van der Waals surface area (Å²) in [7, 11) is 0. The minimum Gasteiger partial charge on any atom is -0.493 e. The van der Waals surface area contributed by atoms with Crippen LogP contribution in [0, 0.1) is 31.1 Å². The Labute approximate surface area is 148 Å². The van der Waals surface area contributed by atoms with Crippen molar-refractivity contribution in [1.82, 2.24) is 9.72 Å². The van der Waals surface area contributed by atoms with E-state index in [1.807, 2.05) is 19.9 Å². The molecule has 0 saturated carbocycles. The van der Waals surface area contributed by atoms with E-state index in [0.29, 0.717) is 5.76 Å². The van der Waals surface area contributed by atoms with Crippen molar-refractivity contribution in [2.45, 2.75) is 34.2 Å². The van der Waals surface area contributed by atoms with Crippen molar-refractivity contribution in [1.29, 1.82) is 5.26 Å². The Kier molecular flexibility index (Phi) is 6.44. The van der Waals surface area contributed by atoms with Gasteiger partial charge in [0.2, 0.25) is 11.7 Å². The number of hydrogen-bond acceptors (Lipinski definition) is 7. The number of rotatable bonds is 4. The molecule has 2 rings (SSSR count). The molecule has 8 nitrogen and oxygen atoms in total. The standard InChI is InChI=1S/C15H17N5O3.Ni/c1-8(2)7-20-14(21)11(6-16)10(4)13(15(20)22)18-17-12-5-9(3)23-19-12;/h5,8,21H,7H2,1-4H3;/q;+2. The van der Waals surface area contributed by atoms with Gasteiger partial charge in [0, 0.05) is 18.2 Å². The van der Waals surface area contributed by atoms with Crippen LogP contribution in [0.15, 0.2) is 25.6 Å². The second-order valence-electron chi connectivity index (χ2n) is 5.59. The van der Waals surface area contributed by atoms with Crippen molar-refractivity contribution in [2.75, 3.05) is 0 Å². The van der Waals surface area contributed by atoms with Gasteiger partial charge in [0.1, 0.15) is 17.4 Å². The van der Waals surface area contributed by atoms with E-state index in [-0.39, 0.29) is 57.5 Å². The summed E-state index contributed by atoms with van der Waals surface area (Å²) >= 11 is 0. The van der Waals surface area contributed by atoms with Crippen molar-refractivity contribution >= 4 is 11.5 Å². The third-order valence-corrected chi connectivity index (χ3v) is 3.18. The molecule has 0 fully saturated rings. The van der Waals surface area contributed by atoms with Crippen LogP contribution in [0.1, 0.15) is 30.7 Å². The molecule has 0 aliphatic carbocycles. The molecule has 2 aromatic rings. The fourth-order valence-corrected chi connectivity index (χ4v) is 2.09. The van der Waals surface area contributed by atoms with Crippen LogP contribution in [0.5, 0.6) is 5.88 Å². The largest absolute Gasteiger partial charge is 2.00 e. The first-order valence-corrected chi connectivity index (χ1v) is 7.06. The van der Waals surface area contributed by atoms with Gasteiger partial charge >= 0.3 is 16.5 Å². The summed E-state index contributed by atoms with van der Waals surface area (Å²) in [4.78, 5) is 12.5. The number of pyridine rings is 1. The summed E-state index contributed by atoms with van der Waals surface area (Å²) in [6.45, 7) is 7.32. The Morgan fingerprint density at radius 3 is 2.58 bits per heavy atom. The third kappa shape index (κ3) is 3.89. The quantitative estimate of drug-likeness (QED) is 0.652. The number of aromatic nitrogens is 2. The summed E-state index contributed by atoms with van der Waals surface area (Å²) in [6, 6.07) is 3.47. The maximum atomic E-state index is 12.5. The van der Waals surface area contributed by atoms with Gasteiger partial charge in [0.25, 0.3) is 5.56 Å². The zero-order valence-corrected chi connectivity index (χ0v) is 14.7. The second-order valence-corrected chi connectivity index (χ2v) is 5.59. The minimum atomic E-state index is -0.503. The van der Waals surface area contributed by atoms with Gasteiger partial charge in [0.15, 0.2) is 5.69 Å². The van der Waals surface area contributed by atoms with Crippen LogP contribution in [-0.4, -0.2) is 14.8 Å². The van der Waals surface area contributed by atoms with E-state index in [4.69, 9.17) is 4.52 Å². The third-order valence-electron chi connectivity index (χ3n) is 3.18. The average Bonchev–Trinajstić information content (AvgIpc) is 2.89. The van der Waals surface area contributed by atoms with Gasteiger partial charge in [-0.25, -0.2) is 0 Å². The number of azo groups is 1. The molecule has 9 heteroatoms. The van der Waals surface area contributed by atoms with E-state index >= 15 is 0 Å². The molecule has 2 aromatic heterocycles. The maximum absolute atomic E-state index is 12.5. The SMILES string of the molecule is Cc1cc(N=Nc2c(C)c(C#N)c(O)n(CC(C)C)c2=O)no1.[Ni+2]. The molecule has 0 amide bonds. The number of nitrogens with zero attached hydrogens (tertiary/aromatic N) is 5. The normalized spacial score (nSPS) is 10.8. The molecule has 1 N–H and O–H groups in total. The van der Waals surface area contributed by atoms with Crippen molar-refractivity contribution in [3.8, 4) is 11.9 Å². The summed E-state index contributed by atoms with van der Waals surface area (Å²) in [5.74, 6) is 0.551. The van der Waals surface area contributed by atoms with Crippen LogP contribution in [0.4, 0.5) is 11.5 Å². The minimum absolute atomic E-state index is 0. The molecule has 0 aliphatic rings. The Morgan fingerprint density at radius 1 is 1.42 bits per heavy atom. The fraction of sp³-hybridized carbons (Fsp3) is 0.400. The van der Waals surface area contributed by atoms with E-state index in [2.05, 4.69) is 15.4 Å². The first-order chi connectivity index (χ1) is 10.8. The summed E-state index contributed by atoms with van der Waals surface area (Å²) in [5.41, 5.74) is -0.216. The zero-order valence-electron chi connectivity index (χ0n) is 13.7. The molecule has 2 heterocycles. The van der Waals surface area contributed by atoms with Gasteiger partial charge in [-0.15, -0.1) is 10.2 Å². The average molecular weight is 374 g/mol. The summed E-state index contributed by atoms with van der Waals surface area (Å²) < 4.78 is 6.01. The molecule has 128 valence electrons. The molecular weight excluding hydrogens is 357 g/mol. The molecule has 0 bridgehead atoms. The summed E-state index contributed by atoms with van der Waals surface area (Å²) in [6.07, 6.45) is 0. The van der Waals surface area contributed by atoms with Gasteiger partial charge < -0.3 is 9.63 Å². The molecule has 24 heavy (non-hydrogen) atoms. The predicted octanol–water partition coefficient (Wildman–Crippen LogP) is 3.10. The molecule has 0 radical (unpaired) electrons. The molecule has 0 spiro atoms. The van der Waals surface area contributed by atoms with Crippen LogP contribution in [0.2, 0.25) is 0 Å². The molecule has 0 aliphatic heterocycles. The maximum Gasteiger partial charge on any atom is 2.00 e. The van der Waals surface area contributed by atoms with E-state index < -0.39 is 5.56 Å². The number of aromatic hydroxyl groups is 1. The van der Waals surface area contributed by atoms with Crippen LogP contribution < -0.4 is 5.56 Å². The van der Waals surface area contributed by atoms with E-state index in [9.17, 15) is 15.2 Å². The molecule has 0 aromatic carbocycles. The predicted molar refractivity (Wildman–Crippen MR) is 82.1 cm³/mol. The van der Waals surface area contributed by atoms with Crippen molar-refractivity contribution in [3.63, 3.8) is 0 Å². The van der Waals surface area contributed by atoms with Crippen LogP contribution >= 0.6 is 0 Å². The molecule has 0 saturated heterocycles. The van der Waals surface area contributed by atoms with Crippen LogP contribution in [-0.2, 0) is 23.0 Å². The second kappa shape index (κ2) is 7.89. The van der Waals surface area contributed by atoms with Gasteiger partial charge in [-0.05, 0) is 19.8 Å². The first-order valence-electron chi connectivity index (χ1n) is 7.06. The van der Waals surface area contributed by atoms with E-state index in [0.717, 1.165) is 4.57 Å². The summed E-state index contributed by atoms with van der Waals surface area (Å²) in [5, 5.41) is 30.8. The fourth-order valence-electron chi connectivity index (χ4n) is 2.09. The first kappa shape index (κ1) is 19.6. The molecular formula is C15H17N5NiO3+2. The number of nitriles is 1. The van der Waals surface area contributed by atoms with Gasteiger partial charge in [-0.3, -0.25) is 9.36 Å². The Balaban J connectivity index is 0.00000288. The number of aryl methyl sites for hydroxylation is 1. The Morgan fingerprint density at radius 2 is 2.08 bits per heavy atom. The molecule has 0 atom stereocenters. The van der Waals surface area contributed by atoms with Gasteiger partial charge in [-0.2, -0.15) is 5.26 Å². The van der Waals surface area contributed by atoms with Crippen LogP contribution in [0.25, 0.3) is 0 Å². The number of hydrogen-bond donors (Lipinski definition) is 1.